The van der Waals surface area contributed by atoms with Crippen molar-refractivity contribution in [3.63, 3.8) is 0 Å². The van der Waals surface area contributed by atoms with Gasteiger partial charge >= 0.3 is 0 Å². The fourth-order valence-electron chi connectivity index (χ4n) is 2.05. The Morgan fingerprint density at radius 1 is 1.50 bits per heavy atom. The van der Waals surface area contributed by atoms with E-state index >= 15 is 0 Å². The maximum absolute atomic E-state index is 11.8. The molecule has 1 N–H and O–H groups in total. The van der Waals surface area contributed by atoms with Crippen molar-refractivity contribution >= 4 is 28.1 Å². The molecule has 120 valence electrons. The monoisotopic (exact) mass is 369 g/mol. The number of carbonyl (C=O) groups is 1. The van der Waals surface area contributed by atoms with Gasteiger partial charge in [0.15, 0.2) is 0 Å². The van der Waals surface area contributed by atoms with Crippen molar-refractivity contribution in [1.29, 1.82) is 0 Å². The average molecular weight is 370 g/mol. The van der Waals surface area contributed by atoms with Crippen LogP contribution in [0.4, 0.5) is 0 Å². The highest BCUT2D eigenvalue weighted by atomic mass is 79.9. The largest absolute Gasteiger partial charge is 0.493 e. The van der Waals surface area contributed by atoms with Crippen LogP contribution in [0.5, 0.6) is 5.75 Å². The maximum Gasteiger partial charge on any atom is 0.254 e. The third-order valence-electron chi connectivity index (χ3n) is 3.13. The standard InChI is InChI=1S/C15H20BrN3O3/c1-2-22-14-4-3-12(9-13(14)16)10-17-18-15(20)11-19-5-7-21-8-6-19/h3-4,9-10H,2,5-8,11H2,1H3,(H,18,20)/b17-10+. The lowest BCUT2D eigenvalue weighted by atomic mass is 10.2. The number of hydrazone groups is 1. The number of benzene rings is 1. The summed E-state index contributed by atoms with van der Waals surface area (Å²) in [4.78, 5) is 13.8. The van der Waals surface area contributed by atoms with E-state index in [1.807, 2.05) is 30.0 Å². The van der Waals surface area contributed by atoms with Crippen LogP contribution in [0, 0.1) is 0 Å². The van der Waals surface area contributed by atoms with Gasteiger partial charge in [0.2, 0.25) is 0 Å². The Morgan fingerprint density at radius 3 is 2.95 bits per heavy atom. The molecule has 1 aliphatic rings. The third kappa shape index (κ3) is 5.40. The van der Waals surface area contributed by atoms with Crippen molar-refractivity contribution in [3.05, 3.63) is 28.2 Å². The Bertz CT molecular complexity index is 531. The molecule has 1 amide bonds. The van der Waals surface area contributed by atoms with Crippen LogP contribution in [-0.2, 0) is 9.53 Å². The smallest absolute Gasteiger partial charge is 0.254 e. The molecule has 1 heterocycles. The van der Waals surface area contributed by atoms with Crippen LogP contribution in [-0.4, -0.2) is 56.5 Å². The number of ether oxygens (including phenoxy) is 2. The molecule has 22 heavy (non-hydrogen) atoms. The lowest BCUT2D eigenvalue weighted by Crippen LogP contribution is -2.42. The molecule has 0 unspecified atom stereocenters. The van der Waals surface area contributed by atoms with Gasteiger partial charge in [-0.2, -0.15) is 5.10 Å². The molecule has 0 spiro atoms. The average Bonchev–Trinajstić information content (AvgIpc) is 2.51. The van der Waals surface area contributed by atoms with Crippen LogP contribution >= 0.6 is 15.9 Å². The van der Waals surface area contributed by atoms with Gasteiger partial charge in [0.1, 0.15) is 5.75 Å². The van der Waals surface area contributed by atoms with Crippen LogP contribution in [0.2, 0.25) is 0 Å². The number of hydrogen-bond acceptors (Lipinski definition) is 5. The highest BCUT2D eigenvalue weighted by Gasteiger charge is 2.13. The van der Waals surface area contributed by atoms with Crippen molar-refractivity contribution in [2.75, 3.05) is 39.5 Å². The van der Waals surface area contributed by atoms with Gasteiger partial charge in [-0.15, -0.1) is 0 Å². The maximum atomic E-state index is 11.8. The van der Waals surface area contributed by atoms with E-state index in [0.29, 0.717) is 26.4 Å². The summed E-state index contributed by atoms with van der Waals surface area (Å²) in [5.41, 5.74) is 3.42. The van der Waals surface area contributed by atoms with E-state index in [-0.39, 0.29) is 5.91 Å². The first kappa shape index (κ1) is 16.9. The second-order valence-electron chi connectivity index (χ2n) is 4.80. The molecule has 2 rings (SSSR count). The van der Waals surface area contributed by atoms with E-state index in [0.717, 1.165) is 28.9 Å². The summed E-state index contributed by atoms with van der Waals surface area (Å²) in [5, 5.41) is 3.98. The SMILES string of the molecule is CCOc1ccc(/C=N/NC(=O)CN2CCOCC2)cc1Br. The van der Waals surface area contributed by atoms with Gasteiger partial charge in [-0.05, 0) is 46.6 Å². The van der Waals surface area contributed by atoms with Crippen molar-refractivity contribution in [2.24, 2.45) is 5.10 Å². The van der Waals surface area contributed by atoms with E-state index in [2.05, 4.69) is 26.5 Å². The van der Waals surface area contributed by atoms with Gasteiger partial charge in [-0.1, -0.05) is 0 Å². The highest BCUT2D eigenvalue weighted by molar-refractivity contribution is 9.10. The first-order chi connectivity index (χ1) is 10.7. The molecule has 0 bridgehead atoms. The number of halogens is 1. The second kappa shape index (κ2) is 8.87. The minimum Gasteiger partial charge on any atom is -0.493 e. The number of rotatable bonds is 6. The molecule has 0 atom stereocenters. The second-order valence-corrected chi connectivity index (χ2v) is 5.66. The molecule has 1 fully saturated rings. The first-order valence-corrected chi connectivity index (χ1v) is 8.02. The summed E-state index contributed by atoms with van der Waals surface area (Å²) in [6.45, 7) is 5.81. The normalized spacial score (nSPS) is 15.9. The minimum absolute atomic E-state index is 0.122. The van der Waals surface area contributed by atoms with Gasteiger partial charge < -0.3 is 9.47 Å². The molecule has 7 heteroatoms. The topological polar surface area (TPSA) is 63.2 Å². The quantitative estimate of drug-likeness (QED) is 0.611. The molecule has 0 aliphatic carbocycles. The molecule has 0 radical (unpaired) electrons. The summed E-state index contributed by atoms with van der Waals surface area (Å²) >= 11 is 3.44. The number of nitrogens with zero attached hydrogens (tertiary/aromatic N) is 2. The van der Waals surface area contributed by atoms with Crippen LogP contribution in [0.1, 0.15) is 12.5 Å². The Kier molecular flexibility index (Phi) is 6.82. The first-order valence-electron chi connectivity index (χ1n) is 7.23. The van der Waals surface area contributed by atoms with E-state index in [1.165, 1.54) is 0 Å². The van der Waals surface area contributed by atoms with Gasteiger partial charge in [-0.3, -0.25) is 9.69 Å². The number of morpholine rings is 1. The van der Waals surface area contributed by atoms with Gasteiger partial charge in [0.25, 0.3) is 5.91 Å². The van der Waals surface area contributed by atoms with Gasteiger partial charge in [-0.25, -0.2) is 5.43 Å². The number of amides is 1. The van der Waals surface area contributed by atoms with Crippen molar-refractivity contribution in [3.8, 4) is 5.75 Å². The zero-order chi connectivity index (χ0) is 15.8. The van der Waals surface area contributed by atoms with Crippen molar-refractivity contribution < 1.29 is 14.3 Å². The number of nitrogens with one attached hydrogen (secondary N) is 1. The summed E-state index contributed by atoms with van der Waals surface area (Å²) in [7, 11) is 0. The van der Waals surface area contributed by atoms with Crippen LogP contribution in [0.25, 0.3) is 0 Å². The van der Waals surface area contributed by atoms with Crippen LogP contribution in [0.3, 0.4) is 0 Å². The fourth-order valence-corrected chi connectivity index (χ4v) is 2.56. The van der Waals surface area contributed by atoms with Crippen molar-refractivity contribution in [2.45, 2.75) is 6.92 Å². The zero-order valence-corrected chi connectivity index (χ0v) is 14.1. The van der Waals surface area contributed by atoms with Gasteiger partial charge in [0, 0.05) is 13.1 Å². The predicted molar refractivity (Wildman–Crippen MR) is 88.3 cm³/mol. The summed E-state index contributed by atoms with van der Waals surface area (Å²) in [6, 6.07) is 5.64. The third-order valence-corrected chi connectivity index (χ3v) is 3.75. The van der Waals surface area contributed by atoms with Gasteiger partial charge in [0.05, 0.1) is 37.1 Å². The summed E-state index contributed by atoms with van der Waals surface area (Å²) in [5.74, 6) is 0.666. The number of carbonyl (C=O) groups excluding carboxylic acids is 1. The Hall–Kier alpha value is -1.44. The molecule has 1 aromatic rings. The molecule has 6 nitrogen and oxygen atoms in total. The Balaban J connectivity index is 1.81. The summed E-state index contributed by atoms with van der Waals surface area (Å²) < 4.78 is 11.5. The molecular formula is C15H20BrN3O3. The Morgan fingerprint density at radius 2 is 2.27 bits per heavy atom. The van der Waals surface area contributed by atoms with Crippen LogP contribution in [0.15, 0.2) is 27.8 Å². The molecule has 0 aromatic heterocycles. The Labute approximate surface area is 138 Å². The minimum atomic E-state index is -0.122. The lowest BCUT2D eigenvalue weighted by molar-refractivity contribution is -0.123. The molecule has 0 saturated carbocycles. The number of hydrogen-bond donors (Lipinski definition) is 1. The predicted octanol–water partition coefficient (Wildman–Crippen LogP) is 1.63. The van der Waals surface area contributed by atoms with Crippen LogP contribution < -0.4 is 10.2 Å². The molecule has 1 saturated heterocycles. The van der Waals surface area contributed by atoms with Crippen molar-refractivity contribution in [1.82, 2.24) is 10.3 Å². The zero-order valence-electron chi connectivity index (χ0n) is 12.5. The van der Waals surface area contributed by atoms with E-state index < -0.39 is 0 Å². The molecular weight excluding hydrogens is 350 g/mol. The van der Waals surface area contributed by atoms with E-state index in [1.54, 1.807) is 6.21 Å². The lowest BCUT2D eigenvalue weighted by Gasteiger charge is -2.25. The fraction of sp³-hybridized carbons (Fsp3) is 0.467. The molecule has 1 aromatic carbocycles. The molecule has 1 aliphatic heterocycles. The van der Waals surface area contributed by atoms with E-state index in [4.69, 9.17) is 9.47 Å². The summed E-state index contributed by atoms with van der Waals surface area (Å²) in [6.07, 6.45) is 1.61. The van der Waals surface area contributed by atoms with E-state index in [9.17, 15) is 4.79 Å². The highest BCUT2D eigenvalue weighted by Crippen LogP contribution is 2.25.